The van der Waals surface area contributed by atoms with Crippen LogP contribution in [-0.2, 0) is 0 Å². The molecule has 0 amide bonds. The number of nitrogens with two attached hydrogens (primary N) is 1. The molecule has 3 N–H and O–H groups in total. The maximum atomic E-state index is 10.1. The molecule has 0 aliphatic carbocycles. The van der Waals surface area contributed by atoms with Gasteiger partial charge in [0.25, 0.3) is 0 Å². The Morgan fingerprint density at radius 3 is 2.57 bits per heavy atom. The zero-order chi connectivity index (χ0) is 10.9. The zero-order valence-electron chi connectivity index (χ0n) is 8.67. The van der Waals surface area contributed by atoms with Crippen LogP contribution in [0.5, 0.6) is 0 Å². The molecule has 0 spiro atoms. The molecule has 0 aromatic carbocycles. The Morgan fingerprint density at radius 1 is 1.64 bits per heavy atom. The highest BCUT2D eigenvalue weighted by atomic mass is 79.9. The van der Waals surface area contributed by atoms with E-state index in [0.29, 0.717) is 6.54 Å². The van der Waals surface area contributed by atoms with E-state index in [4.69, 9.17) is 5.73 Å². The Balaban J connectivity index is 2.94. The summed E-state index contributed by atoms with van der Waals surface area (Å²) in [4.78, 5) is 2.16. The van der Waals surface area contributed by atoms with Gasteiger partial charge in [-0.1, -0.05) is 13.8 Å². The lowest BCUT2D eigenvalue weighted by Gasteiger charge is -2.27. The minimum absolute atomic E-state index is 0.267. The van der Waals surface area contributed by atoms with E-state index < -0.39 is 6.10 Å². The molecule has 1 heterocycles. The van der Waals surface area contributed by atoms with E-state index in [1.165, 1.54) is 4.88 Å². The highest BCUT2D eigenvalue weighted by molar-refractivity contribution is 9.10. The quantitative estimate of drug-likeness (QED) is 0.893. The highest BCUT2D eigenvalue weighted by Gasteiger charge is 2.29. The largest absolute Gasteiger partial charge is 0.387 e. The number of aryl methyl sites for hydroxylation is 1. The third-order valence-electron chi connectivity index (χ3n) is 2.41. The van der Waals surface area contributed by atoms with Gasteiger partial charge in [0.1, 0.15) is 0 Å². The minimum Gasteiger partial charge on any atom is -0.387 e. The summed E-state index contributed by atoms with van der Waals surface area (Å²) in [6.45, 7) is 6.45. The van der Waals surface area contributed by atoms with Crippen molar-refractivity contribution >= 4 is 27.3 Å². The Labute approximate surface area is 97.3 Å². The van der Waals surface area contributed by atoms with Crippen LogP contribution in [0.4, 0.5) is 0 Å². The average Bonchev–Trinajstić information content (AvgIpc) is 2.45. The lowest BCUT2D eigenvalue weighted by atomic mass is 9.86. The maximum Gasteiger partial charge on any atom is 0.0945 e. The van der Waals surface area contributed by atoms with E-state index in [2.05, 4.69) is 15.9 Å². The van der Waals surface area contributed by atoms with Crippen molar-refractivity contribution in [2.24, 2.45) is 11.1 Å². The fourth-order valence-electron chi connectivity index (χ4n) is 1.11. The van der Waals surface area contributed by atoms with Gasteiger partial charge in [-0.3, -0.25) is 0 Å². The summed E-state index contributed by atoms with van der Waals surface area (Å²) in [5.41, 5.74) is 5.36. The molecule has 0 bridgehead atoms. The van der Waals surface area contributed by atoms with Gasteiger partial charge in [0.05, 0.1) is 6.10 Å². The van der Waals surface area contributed by atoms with Crippen LogP contribution in [0.25, 0.3) is 0 Å². The summed E-state index contributed by atoms with van der Waals surface area (Å²) in [6, 6.07) is 1.97. The average molecular weight is 278 g/mol. The fourth-order valence-corrected chi connectivity index (χ4v) is 2.87. The van der Waals surface area contributed by atoms with E-state index in [9.17, 15) is 5.11 Å². The molecule has 0 aliphatic rings. The molecule has 80 valence electrons. The number of hydrogen-bond acceptors (Lipinski definition) is 3. The molecule has 0 radical (unpaired) electrons. The highest BCUT2D eigenvalue weighted by Crippen LogP contribution is 2.38. The molecule has 1 aromatic rings. The SMILES string of the molecule is Cc1sc(C(O)C(C)(C)CN)cc1Br. The van der Waals surface area contributed by atoms with Gasteiger partial charge in [-0.2, -0.15) is 0 Å². The zero-order valence-corrected chi connectivity index (χ0v) is 11.1. The van der Waals surface area contributed by atoms with Gasteiger partial charge < -0.3 is 10.8 Å². The van der Waals surface area contributed by atoms with Crippen molar-refractivity contribution in [3.8, 4) is 0 Å². The van der Waals surface area contributed by atoms with Gasteiger partial charge in [-0.15, -0.1) is 11.3 Å². The van der Waals surface area contributed by atoms with Crippen molar-refractivity contribution in [1.82, 2.24) is 0 Å². The third kappa shape index (κ3) is 2.37. The second-order valence-electron chi connectivity index (χ2n) is 4.15. The molecule has 14 heavy (non-hydrogen) atoms. The van der Waals surface area contributed by atoms with E-state index in [1.54, 1.807) is 11.3 Å². The minimum atomic E-state index is -0.484. The van der Waals surface area contributed by atoms with Crippen LogP contribution in [0.2, 0.25) is 0 Å². The summed E-state index contributed by atoms with van der Waals surface area (Å²) in [5.74, 6) is 0. The maximum absolute atomic E-state index is 10.1. The molecule has 2 nitrogen and oxygen atoms in total. The summed E-state index contributed by atoms with van der Waals surface area (Å²) < 4.78 is 1.06. The lowest BCUT2D eigenvalue weighted by molar-refractivity contribution is 0.0585. The number of thiophene rings is 1. The molecule has 0 saturated heterocycles. The Hall–Kier alpha value is 0.100. The number of halogens is 1. The first-order valence-electron chi connectivity index (χ1n) is 4.52. The predicted molar refractivity (Wildman–Crippen MR) is 64.6 cm³/mol. The second-order valence-corrected chi connectivity index (χ2v) is 6.29. The van der Waals surface area contributed by atoms with E-state index in [-0.39, 0.29) is 5.41 Å². The van der Waals surface area contributed by atoms with Crippen LogP contribution in [0.15, 0.2) is 10.5 Å². The van der Waals surface area contributed by atoms with Crippen molar-refractivity contribution in [1.29, 1.82) is 0 Å². The van der Waals surface area contributed by atoms with Crippen molar-refractivity contribution in [2.75, 3.05) is 6.54 Å². The molecular formula is C10H16BrNOS. The Kier molecular flexibility index (Phi) is 3.75. The first-order valence-corrected chi connectivity index (χ1v) is 6.13. The second kappa shape index (κ2) is 4.31. The third-order valence-corrected chi connectivity index (χ3v) is 4.60. The monoisotopic (exact) mass is 277 g/mol. The van der Waals surface area contributed by atoms with E-state index >= 15 is 0 Å². The predicted octanol–water partition coefficient (Wildman–Crippen LogP) is 2.84. The van der Waals surface area contributed by atoms with Crippen molar-refractivity contribution in [3.05, 3.63) is 20.3 Å². The van der Waals surface area contributed by atoms with Crippen LogP contribution in [-0.4, -0.2) is 11.7 Å². The molecule has 1 atom stereocenters. The molecule has 0 fully saturated rings. The Bertz CT molecular complexity index is 302. The first kappa shape index (κ1) is 12.2. The number of aliphatic hydroxyl groups excluding tert-OH is 1. The molecule has 0 saturated carbocycles. The van der Waals surface area contributed by atoms with Crippen molar-refractivity contribution < 1.29 is 5.11 Å². The molecule has 0 aliphatic heterocycles. The lowest BCUT2D eigenvalue weighted by Crippen LogP contribution is -2.30. The standard InChI is InChI=1S/C10H16BrNOS/c1-6-7(11)4-8(14-6)9(13)10(2,3)5-12/h4,9,13H,5,12H2,1-3H3. The molecule has 1 unspecified atom stereocenters. The summed E-state index contributed by atoms with van der Waals surface area (Å²) in [7, 11) is 0. The molecule has 1 aromatic heterocycles. The van der Waals surface area contributed by atoms with Crippen molar-refractivity contribution in [2.45, 2.75) is 26.9 Å². The molecule has 4 heteroatoms. The smallest absolute Gasteiger partial charge is 0.0945 e. The van der Waals surface area contributed by atoms with Crippen molar-refractivity contribution in [3.63, 3.8) is 0 Å². The van der Waals surface area contributed by atoms with Gasteiger partial charge >= 0.3 is 0 Å². The van der Waals surface area contributed by atoms with E-state index in [1.807, 2.05) is 26.8 Å². The van der Waals surface area contributed by atoms with Crippen LogP contribution in [0, 0.1) is 12.3 Å². The fraction of sp³-hybridized carbons (Fsp3) is 0.600. The number of aliphatic hydroxyl groups is 1. The van der Waals surface area contributed by atoms with Crippen LogP contribution in [0.3, 0.4) is 0 Å². The van der Waals surface area contributed by atoms with Gasteiger partial charge in [0.2, 0.25) is 0 Å². The molecular weight excluding hydrogens is 262 g/mol. The van der Waals surface area contributed by atoms with E-state index in [0.717, 1.165) is 9.35 Å². The first-order chi connectivity index (χ1) is 6.38. The Morgan fingerprint density at radius 2 is 2.21 bits per heavy atom. The topological polar surface area (TPSA) is 46.2 Å². The number of hydrogen-bond donors (Lipinski definition) is 2. The molecule has 1 rings (SSSR count). The van der Waals surface area contributed by atoms with Crippen LogP contribution < -0.4 is 5.73 Å². The van der Waals surface area contributed by atoms with Gasteiger partial charge in [0, 0.05) is 26.2 Å². The normalized spacial score (nSPS) is 14.4. The van der Waals surface area contributed by atoms with Gasteiger partial charge in [-0.05, 0) is 28.9 Å². The van der Waals surface area contributed by atoms with Gasteiger partial charge in [0.15, 0.2) is 0 Å². The summed E-state index contributed by atoms with van der Waals surface area (Å²) in [6.07, 6.45) is -0.484. The summed E-state index contributed by atoms with van der Waals surface area (Å²) in [5, 5.41) is 10.1. The van der Waals surface area contributed by atoms with Gasteiger partial charge in [-0.25, -0.2) is 0 Å². The summed E-state index contributed by atoms with van der Waals surface area (Å²) >= 11 is 5.05. The van der Waals surface area contributed by atoms with Crippen LogP contribution in [0.1, 0.15) is 29.7 Å². The van der Waals surface area contributed by atoms with Crippen LogP contribution >= 0.6 is 27.3 Å². The number of rotatable bonds is 3.